The van der Waals surface area contributed by atoms with Crippen molar-refractivity contribution in [2.75, 3.05) is 23.3 Å². The number of benzene rings is 1. The Morgan fingerprint density at radius 3 is 2.79 bits per heavy atom. The van der Waals surface area contributed by atoms with Gasteiger partial charge in [0, 0.05) is 24.8 Å². The van der Waals surface area contributed by atoms with Gasteiger partial charge in [-0.2, -0.15) is 0 Å². The third-order valence-corrected chi connectivity index (χ3v) is 6.89. The lowest BCUT2D eigenvalue weighted by Gasteiger charge is -2.28. The molecule has 0 spiro atoms. The predicted octanol–water partition coefficient (Wildman–Crippen LogP) is 4.26. The number of amides is 3. The van der Waals surface area contributed by atoms with Gasteiger partial charge in [0.1, 0.15) is 15.5 Å². The Hall–Kier alpha value is -4.02. The summed E-state index contributed by atoms with van der Waals surface area (Å²) in [5.41, 5.74) is 1.73. The van der Waals surface area contributed by atoms with Gasteiger partial charge in [-0.25, -0.2) is 14.8 Å². The normalized spacial score (nSPS) is 17.0. The van der Waals surface area contributed by atoms with Gasteiger partial charge in [-0.05, 0) is 37.2 Å². The fourth-order valence-electron chi connectivity index (χ4n) is 4.20. The molecule has 5 heterocycles. The first-order chi connectivity index (χ1) is 16.7. The van der Waals surface area contributed by atoms with Crippen molar-refractivity contribution in [3.05, 3.63) is 65.8 Å². The van der Waals surface area contributed by atoms with Crippen LogP contribution in [0.3, 0.4) is 0 Å². The molecule has 1 aromatic carbocycles. The average Bonchev–Trinajstić information content (AvgIpc) is 3.49. The highest BCUT2D eigenvalue weighted by Crippen LogP contribution is 2.45. The molecule has 10 heteroatoms. The van der Waals surface area contributed by atoms with Gasteiger partial charge in [-0.15, -0.1) is 11.3 Å². The van der Waals surface area contributed by atoms with Crippen LogP contribution in [0.4, 0.5) is 21.9 Å². The third-order valence-electron chi connectivity index (χ3n) is 5.79. The van der Waals surface area contributed by atoms with Crippen molar-refractivity contribution in [2.24, 2.45) is 0 Å². The fraction of sp³-hybridized carbons (Fsp3) is 0.167. The standard InChI is InChI=1S/C24H20N6O3S/c31-22(28-14-8-10-25-12-14)21-20-19-17(9-11-26-23(19)34-21)30(24(32)29-20)15-6-7-18(27-13-15)33-16-4-2-1-3-5-16/h1-7,9,11,13-14,25H,8,10,12H2,(H,28,31)(H,29,32). The summed E-state index contributed by atoms with van der Waals surface area (Å²) in [5, 5.41) is 9.93. The number of urea groups is 1. The number of nitrogens with zero attached hydrogens (tertiary/aromatic N) is 3. The quantitative estimate of drug-likeness (QED) is 0.401. The number of carbonyl (C=O) groups is 2. The van der Waals surface area contributed by atoms with Crippen LogP contribution in [0.1, 0.15) is 16.1 Å². The van der Waals surface area contributed by atoms with Crippen molar-refractivity contribution in [2.45, 2.75) is 12.5 Å². The van der Waals surface area contributed by atoms with E-state index in [0.29, 0.717) is 38.4 Å². The van der Waals surface area contributed by atoms with E-state index >= 15 is 0 Å². The molecule has 0 bridgehead atoms. The highest BCUT2D eigenvalue weighted by molar-refractivity contribution is 7.21. The largest absolute Gasteiger partial charge is 0.439 e. The van der Waals surface area contributed by atoms with E-state index in [4.69, 9.17) is 4.74 Å². The summed E-state index contributed by atoms with van der Waals surface area (Å²) in [5.74, 6) is 0.899. The van der Waals surface area contributed by atoms with E-state index in [9.17, 15) is 9.59 Å². The van der Waals surface area contributed by atoms with Gasteiger partial charge in [0.2, 0.25) is 5.88 Å². The minimum Gasteiger partial charge on any atom is -0.439 e. The maximum absolute atomic E-state index is 13.2. The second-order valence-electron chi connectivity index (χ2n) is 8.01. The van der Waals surface area contributed by atoms with Crippen molar-refractivity contribution in [1.29, 1.82) is 0 Å². The van der Waals surface area contributed by atoms with Crippen molar-refractivity contribution in [3.8, 4) is 11.6 Å². The van der Waals surface area contributed by atoms with Crippen molar-refractivity contribution in [3.63, 3.8) is 0 Å². The average molecular weight is 473 g/mol. The molecule has 1 fully saturated rings. The Balaban J connectivity index is 1.33. The summed E-state index contributed by atoms with van der Waals surface area (Å²) in [7, 11) is 0. The van der Waals surface area contributed by atoms with Gasteiger partial charge in [0.05, 0.1) is 28.6 Å². The maximum Gasteiger partial charge on any atom is 0.331 e. The van der Waals surface area contributed by atoms with Crippen LogP contribution >= 0.6 is 11.3 Å². The van der Waals surface area contributed by atoms with E-state index in [-0.39, 0.29) is 18.0 Å². The molecule has 3 N–H and O–H groups in total. The van der Waals surface area contributed by atoms with Gasteiger partial charge >= 0.3 is 6.03 Å². The van der Waals surface area contributed by atoms with E-state index in [2.05, 4.69) is 25.9 Å². The molecular weight excluding hydrogens is 452 g/mol. The predicted molar refractivity (Wildman–Crippen MR) is 130 cm³/mol. The van der Waals surface area contributed by atoms with Crippen molar-refractivity contribution >= 4 is 50.6 Å². The molecule has 3 amide bonds. The van der Waals surface area contributed by atoms with Gasteiger partial charge in [0.15, 0.2) is 0 Å². The Kier molecular flexibility index (Phi) is 5.08. The highest BCUT2D eigenvalue weighted by Gasteiger charge is 2.33. The first-order valence-corrected chi connectivity index (χ1v) is 11.7. The van der Waals surface area contributed by atoms with Crippen molar-refractivity contribution < 1.29 is 14.3 Å². The molecule has 9 nitrogen and oxygen atoms in total. The highest BCUT2D eigenvalue weighted by atomic mass is 32.1. The molecule has 170 valence electrons. The smallest absolute Gasteiger partial charge is 0.331 e. The van der Waals surface area contributed by atoms with E-state index < -0.39 is 0 Å². The molecule has 2 aliphatic rings. The Bertz CT molecular complexity index is 1380. The lowest BCUT2D eigenvalue weighted by Crippen LogP contribution is -2.37. The number of nitrogens with one attached hydrogen (secondary N) is 3. The number of hydrogen-bond donors (Lipinski definition) is 3. The van der Waals surface area contributed by atoms with Crippen LogP contribution < -0.4 is 25.6 Å². The van der Waals surface area contributed by atoms with Crippen molar-refractivity contribution in [1.82, 2.24) is 20.6 Å². The molecule has 0 saturated carbocycles. The van der Waals surface area contributed by atoms with E-state index in [1.807, 2.05) is 30.3 Å². The second kappa shape index (κ2) is 8.40. The zero-order valence-electron chi connectivity index (χ0n) is 17.9. The lowest BCUT2D eigenvalue weighted by molar-refractivity contribution is 0.0945. The topological polar surface area (TPSA) is 108 Å². The molecule has 6 rings (SSSR count). The minimum atomic E-state index is -0.367. The monoisotopic (exact) mass is 472 g/mol. The van der Waals surface area contributed by atoms with Gasteiger partial charge in [-0.1, -0.05) is 18.2 Å². The third kappa shape index (κ3) is 3.62. The Morgan fingerprint density at radius 2 is 2.03 bits per heavy atom. The number of carbonyl (C=O) groups excluding carboxylic acids is 2. The molecule has 1 atom stereocenters. The molecule has 0 radical (unpaired) electrons. The number of pyridine rings is 2. The summed E-state index contributed by atoms with van der Waals surface area (Å²) in [6.07, 6.45) is 4.11. The summed E-state index contributed by atoms with van der Waals surface area (Å²) in [6.45, 7) is 1.62. The van der Waals surface area contributed by atoms with Crippen LogP contribution in [-0.4, -0.2) is 41.0 Å². The van der Waals surface area contributed by atoms with Gasteiger partial charge in [-0.3, -0.25) is 9.69 Å². The Labute approximate surface area is 198 Å². The molecule has 0 aliphatic carbocycles. The van der Waals surface area contributed by atoms with Crippen LogP contribution in [0.25, 0.3) is 10.2 Å². The number of hydrogen-bond acceptors (Lipinski definition) is 7. The molecule has 1 saturated heterocycles. The number of para-hydroxylation sites is 1. The summed E-state index contributed by atoms with van der Waals surface area (Å²) in [4.78, 5) is 37.7. The number of aromatic nitrogens is 2. The van der Waals surface area contributed by atoms with Crippen LogP contribution in [-0.2, 0) is 0 Å². The first kappa shape index (κ1) is 20.6. The van der Waals surface area contributed by atoms with Crippen LogP contribution in [0.15, 0.2) is 60.9 Å². The number of rotatable bonds is 5. The van der Waals surface area contributed by atoms with Crippen LogP contribution in [0.5, 0.6) is 11.6 Å². The SMILES string of the molecule is O=C(NC1CCNC1)c1sc2nccc3c2c1NC(=O)N3c1ccc(Oc2ccccc2)nc1. The fourth-order valence-corrected chi connectivity index (χ4v) is 5.23. The summed E-state index contributed by atoms with van der Waals surface area (Å²) < 4.78 is 5.76. The second-order valence-corrected chi connectivity index (χ2v) is 9.01. The van der Waals surface area contributed by atoms with Gasteiger partial charge < -0.3 is 20.7 Å². The zero-order chi connectivity index (χ0) is 23.1. The van der Waals surface area contributed by atoms with Crippen LogP contribution in [0.2, 0.25) is 0 Å². The van der Waals surface area contributed by atoms with E-state index in [1.54, 1.807) is 30.6 Å². The molecule has 4 aromatic rings. The lowest BCUT2D eigenvalue weighted by atomic mass is 10.1. The van der Waals surface area contributed by atoms with E-state index in [1.165, 1.54) is 16.2 Å². The molecular formula is C24H20N6O3S. The number of anilines is 3. The molecule has 3 aromatic heterocycles. The molecule has 34 heavy (non-hydrogen) atoms. The zero-order valence-corrected chi connectivity index (χ0v) is 18.8. The van der Waals surface area contributed by atoms with E-state index in [0.717, 1.165) is 24.9 Å². The molecule has 2 aliphatic heterocycles. The Morgan fingerprint density at radius 1 is 1.15 bits per heavy atom. The summed E-state index contributed by atoms with van der Waals surface area (Å²) >= 11 is 1.28. The first-order valence-electron chi connectivity index (χ1n) is 10.9. The number of thiophene rings is 1. The number of ether oxygens (including phenoxy) is 1. The molecule has 1 unspecified atom stereocenters. The van der Waals surface area contributed by atoms with Gasteiger partial charge in [0.25, 0.3) is 5.91 Å². The maximum atomic E-state index is 13.2. The minimum absolute atomic E-state index is 0.0795. The summed E-state index contributed by atoms with van der Waals surface area (Å²) in [6, 6.07) is 14.3. The van der Waals surface area contributed by atoms with Crippen LogP contribution in [0, 0.1) is 0 Å².